The zero-order valence-corrected chi connectivity index (χ0v) is 14.9. The summed E-state index contributed by atoms with van der Waals surface area (Å²) in [5, 5.41) is 17.1. The molecule has 0 aromatic carbocycles. The van der Waals surface area contributed by atoms with Crippen LogP contribution in [0.1, 0.15) is 43.5 Å². The van der Waals surface area contributed by atoms with E-state index in [1.807, 2.05) is 12.1 Å². The summed E-state index contributed by atoms with van der Waals surface area (Å²) >= 11 is 0. The van der Waals surface area contributed by atoms with Crippen LogP contribution >= 0.6 is 0 Å². The van der Waals surface area contributed by atoms with Gasteiger partial charge < -0.3 is 15.0 Å². The van der Waals surface area contributed by atoms with Crippen molar-refractivity contribution in [3.63, 3.8) is 0 Å². The predicted octanol–water partition coefficient (Wildman–Crippen LogP) is 1.92. The van der Waals surface area contributed by atoms with Crippen molar-refractivity contribution in [1.29, 1.82) is 0 Å². The topological polar surface area (TPSA) is 98.9 Å². The molecule has 2 heterocycles. The van der Waals surface area contributed by atoms with Gasteiger partial charge in [0.25, 0.3) is 0 Å². The van der Waals surface area contributed by atoms with Gasteiger partial charge in [-0.3, -0.25) is 10.2 Å². The molecule has 0 aliphatic rings. The van der Waals surface area contributed by atoms with E-state index in [1.54, 1.807) is 19.1 Å². The molecule has 2 amide bonds. The molecule has 2 rings (SSSR count). The van der Waals surface area contributed by atoms with E-state index in [9.17, 15) is 4.79 Å². The van der Waals surface area contributed by atoms with Gasteiger partial charge in [-0.05, 0) is 12.1 Å². The van der Waals surface area contributed by atoms with E-state index in [2.05, 4.69) is 46.5 Å². The summed E-state index contributed by atoms with van der Waals surface area (Å²) in [6, 6.07) is 3.70. The third-order valence-corrected chi connectivity index (χ3v) is 3.56. The molecule has 0 fully saturated rings. The number of hydrogen-bond donors (Lipinski definition) is 3. The standard InChI is InChI=1S/C16H26N6O2/c1-16(2,3)14-7-12(19-21-14)9-22(4)15(23)17-8-11-6-13(10-24-5)20-18-11/h6-7H,8-10H2,1-5H3,(H,17,23)(H,18,20)(H,19,21). The number of aromatic amines is 2. The van der Waals surface area contributed by atoms with Crippen molar-refractivity contribution in [2.45, 2.75) is 45.9 Å². The molecule has 0 atom stereocenters. The molecule has 0 spiro atoms. The smallest absolute Gasteiger partial charge is 0.317 e. The molecule has 0 aliphatic carbocycles. The predicted molar refractivity (Wildman–Crippen MR) is 90.3 cm³/mol. The minimum Gasteiger partial charge on any atom is -0.378 e. The van der Waals surface area contributed by atoms with Crippen LogP contribution in [-0.2, 0) is 29.8 Å². The first-order valence-electron chi connectivity index (χ1n) is 7.85. The van der Waals surface area contributed by atoms with Crippen molar-refractivity contribution < 1.29 is 9.53 Å². The zero-order valence-electron chi connectivity index (χ0n) is 14.9. The molecule has 3 N–H and O–H groups in total. The number of methoxy groups -OCH3 is 1. The van der Waals surface area contributed by atoms with Gasteiger partial charge in [0.15, 0.2) is 0 Å². The Morgan fingerprint density at radius 1 is 1.25 bits per heavy atom. The average molecular weight is 334 g/mol. The second-order valence-electron chi connectivity index (χ2n) is 6.86. The molecule has 0 saturated carbocycles. The zero-order chi connectivity index (χ0) is 17.7. The van der Waals surface area contributed by atoms with Crippen LogP contribution < -0.4 is 5.32 Å². The Morgan fingerprint density at radius 2 is 1.96 bits per heavy atom. The van der Waals surface area contributed by atoms with Crippen LogP contribution in [0.5, 0.6) is 0 Å². The Bertz CT molecular complexity index is 670. The molecule has 0 saturated heterocycles. The summed E-state index contributed by atoms with van der Waals surface area (Å²) < 4.78 is 5.01. The number of carbonyl (C=O) groups is 1. The van der Waals surface area contributed by atoms with Gasteiger partial charge in [-0.25, -0.2) is 4.79 Å². The van der Waals surface area contributed by atoms with Gasteiger partial charge >= 0.3 is 6.03 Å². The van der Waals surface area contributed by atoms with Crippen molar-refractivity contribution in [1.82, 2.24) is 30.6 Å². The van der Waals surface area contributed by atoms with Crippen LogP contribution in [0.15, 0.2) is 12.1 Å². The van der Waals surface area contributed by atoms with Crippen LogP contribution in [-0.4, -0.2) is 45.5 Å². The first kappa shape index (κ1) is 18.0. The maximum absolute atomic E-state index is 12.2. The van der Waals surface area contributed by atoms with Crippen LogP contribution in [0, 0.1) is 0 Å². The lowest BCUT2D eigenvalue weighted by Crippen LogP contribution is -2.36. The lowest BCUT2D eigenvalue weighted by molar-refractivity contribution is 0.181. The van der Waals surface area contributed by atoms with E-state index in [0.29, 0.717) is 19.7 Å². The maximum Gasteiger partial charge on any atom is 0.317 e. The van der Waals surface area contributed by atoms with Gasteiger partial charge in [0, 0.05) is 19.6 Å². The van der Waals surface area contributed by atoms with Gasteiger partial charge in [-0.1, -0.05) is 20.8 Å². The number of hydrogen-bond acceptors (Lipinski definition) is 4. The number of rotatable bonds is 6. The third kappa shape index (κ3) is 4.82. The number of nitrogens with zero attached hydrogens (tertiary/aromatic N) is 3. The molecule has 8 nitrogen and oxygen atoms in total. The number of ether oxygens (including phenoxy) is 1. The number of urea groups is 1. The summed E-state index contributed by atoms with van der Waals surface area (Å²) in [4.78, 5) is 13.8. The molecule has 0 unspecified atom stereocenters. The number of amides is 2. The van der Waals surface area contributed by atoms with E-state index in [0.717, 1.165) is 22.8 Å². The average Bonchev–Trinajstić information content (AvgIpc) is 3.14. The molecule has 0 aliphatic heterocycles. The third-order valence-electron chi connectivity index (χ3n) is 3.56. The second-order valence-corrected chi connectivity index (χ2v) is 6.86. The molecule has 0 bridgehead atoms. The molecule has 24 heavy (non-hydrogen) atoms. The van der Waals surface area contributed by atoms with Gasteiger partial charge in [-0.15, -0.1) is 0 Å². The van der Waals surface area contributed by atoms with Crippen LogP contribution in [0.25, 0.3) is 0 Å². The monoisotopic (exact) mass is 334 g/mol. The van der Waals surface area contributed by atoms with Crippen molar-refractivity contribution in [2.75, 3.05) is 14.2 Å². The van der Waals surface area contributed by atoms with Gasteiger partial charge in [0.2, 0.25) is 0 Å². The summed E-state index contributed by atoms with van der Waals surface area (Å²) in [6.45, 7) is 7.60. The van der Waals surface area contributed by atoms with Crippen molar-refractivity contribution in [3.8, 4) is 0 Å². The fourth-order valence-corrected chi connectivity index (χ4v) is 2.18. The highest BCUT2D eigenvalue weighted by Crippen LogP contribution is 2.20. The molecule has 8 heteroatoms. The first-order chi connectivity index (χ1) is 11.3. The Kier molecular flexibility index (Phi) is 5.61. The highest BCUT2D eigenvalue weighted by Gasteiger charge is 2.18. The van der Waals surface area contributed by atoms with Gasteiger partial charge in [0.1, 0.15) is 0 Å². The molecule has 132 valence electrons. The summed E-state index contributed by atoms with van der Waals surface area (Å²) in [7, 11) is 3.36. The molecule has 2 aromatic heterocycles. The van der Waals surface area contributed by atoms with E-state index < -0.39 is 0 Å². The highest BCUT2D eigenvalue weighted by molar-refractivity contribution is 5.73. The van der Waals surface area contributed by atoms with Gasteiger partial charge in [-0.2, -0.15) is 10.2 Å². The fourth-order valence-electron chi connectivity index (χ4n) is 2.18. The van der Waals surface area contributed by atoms with Crippen LogP contribution in [0.2, 0.25) is 0 Å². The largest absolute Gasteiger partial charge is 0.378 e. The first-order valence-corrected chi connectivity index (χ1v) is 7.85. The number of carbonyl (C=O) groups excluding carboxylic acids is 1. The summed E-state index contributed by atoms with van der Waals surface area (Å²) in [6.07, 6.45) is 0. The quantitative estimate of drug-likeness (QED) is 0.751. The molecule has 2 aromatic rings. The fraction of sp³-hybridized carbons (Fsp3) is 0.562. The number of aromatic nitrogens is 4. The molecular weight excluding hydrogens is 308 g/mol. The Balaban J connectivity index is 1.84. The van der Waals surface area contributed by atoms with E-state index in [1.165, 1.54) is 0 Å². The van der Waals surface area contributed by atoms with E-state index in [-0.39, 0.29) is 11.4 Å². The van der Waals surface area contributed by atoms with Crippen molar-refractivity contribution >= 4 is 6.03 Å². The minimum atomic E-state index is -0.162. The lowest BCUT2D eigenvalue weighted by atomic mass is 9.92. The molecular formula is C16H26N6O2. The number of nitrogens with one attached hydrogen (secondary N) is 3. The number of H-pyrrole nitrogens is 2. The van der Waals surface area contributed by atoms with Crippen LogP contribution in [0.3, 0.4) is 0 Å². The SMILES string of the molecule is COCc1cc(CNC(=O)N(C)Cc2cc(C(C)(C)C)n[nH]2)[nH]n1. The van der Waals surface area contributed by atoms with Crippen molar-refractivity contribution in [2.24, 2.45) is 0 Å². The maximum atomic E-state index is 12.2. The lowest BCUT2D eigenvalue weighted by Gasteiger charge is -2.17. The Hall–Kier alpha value is -2.35. The Morgan fingerprint density at radius 3 is 2.58 bits per heavy atom. The highest BCUT2D eigenvalue weighted by atomic mass is 16.5. The normalized spacial score (nSPS) is 11.5. The van der Waals surface area contributed by atoms with Gasteiger partial charge in [0.05, 0.1) is 42.5 Å². The van der Waals surface area contributed by atoms with E-state index >= 15 is 0 Å². The Labute approximate surface area is 142 Å². The second kappa shape index (κ2) is 7.48. The van der Waals surface area contributed by atoms with E-state index in [4.69, 9.17) is 4.74 Å². The summed E-state index contributed by atoms with van der Waals surface area (Å²) in [5.41, 5.74) is 3.51. The van der Waals surface area contributed by atoms with Crippen molar-refractivity contribution in [3.05, 3.63) is 34.9 Å². The molecule has 0 radical (unpaired) electrons. The summed E-state index contributed by atoms with van der Waals surface area (Å²) in [5.74, 6) is 0. The van der Waals surface area contributed by atoms with Crippen LogP contribution in [0.4, 0.5) is 4.79 Å². The minimum absolute atomic E-state index is 0.0177.